The van der Waals surface area contributed by atoms with E-state index in [1.807, 2.05) is 60.0 Å². The van der Waals surface area contributed by atoms with Gasteiger partial charge in [0.05, 0.1) is 11.9 Å². The molecule has 0 aliphatic heterocycles. The van der Waals surface area contributed by atoms with Crippen molar-refractivity contribution in [2.24, 2.45) is 5.10 Å². The van der Waals surface area contributed by atoms with Gasteiger partial charge < -0.3 is 10.1 Å². The SMILES string of the molecule is Cc1ccc(Nc2nc(-c3ccc(C(=O)N/N=C\c4cccc(OCc5ccc(Cl)cc5Cl)c4)cc3)cs2)cc1. The number of hydrogen-bond donors (Lipinski definition) is 2. The molecule has 0 aliphatic rings. The Morgan fingerprint density at radius 2 is 1.80 bits per heavy atom. The summed E-state index contributed by atoms with van der Waals surface area (Å²) >= 11 is 13.7. The lowest BCUT2D eigenvalue weighted by Crippen LogP contribution is -2.17. The fraction of sp³-hybridized carbons (Fsp3) is 0.0645. The summed E-state index contributed by atoms with van der Waals surface area (Å²) < 4.78 is 5.85. The monoisotopic (exact) mass is 586 g/mol. The van der Waals surface area contributed by atoms with E-state index in [0.29, 0.717) is 28.0 Å². The first kappa shape index (κ1) is 27.4. The van der Waals surface area contributed by atoms with Gasteiger partial charge in [0.25, 0.3) is 5.91 Å². The number of hydrazone groups is 1. The van der Waals surface area contributed by atoms with Crippen LogP contribution in [0, 0.1) is 6.92 Å². The topological polar surface area (TPSA) is 75.6 Å². The third kappa shape index (κ3) is 7.27. The van der Waals surface area contributed by atoms with Gasteiger partial charge in [0.15, 0.2) is 5.13 Å². The Kier molecular flexibility index (Phi) is 8.76. The number of carbonyl (C=O) groups is 1. The number of halogens is 2. The number of rotatable bonds is 9. The number of amides is 1. The summed E-state index contributed by atoms with van der Waals surface area (Å²) in [7, 11) is 0. The highest BCUT2D eigenvalue weighted by molar-refractivity contribution is 7.14. The van der Waals surface area contributed by atoms with Gasteiger partial charge in [-0.2, -0.15) is 5.10 Å². The van der Waals surface area contributed by atoms with E-state index in [4.69, 9.17) is 27.9 Å². The molecule has 9 heteroatoms. The Morgan fingerprint density at radius 3 is 2.58 bits per heavy atom. The standard InChI is InChI=1S/C31H24Cl2N4O2S/c1-20-5-13-26(14-6-20)35-31-36-29(19-40-31)22-7-9-23(10-8-22)30(38)37-34-17-21-3-2-4-27(15-21)39-18-24-11-12-25(32)16-28(24)33/h2-17,19H,18H2,1H3,(H,35,36)(H,37,38)/b34-17-. The molecule has 0 saturated heterocycles. The molecular weight excluding hydrogens is 563 g/mol. The van der Waals surface area contributed by atoms with E-state index in [2.05, 4.69) is 39.9 Å². The molecule has 0 saturated carbocycles. The van der Waals surface area contributed by atoms with Gasteiger partial charge in [-0.15, -0.1) is 11.3 Å². The normalized spacial score (nSPS) is 11.0. The van der Waals surface area contributed by atoms with Crippen LogP contribution in [-0.4, -0.2) is 17.1 Å². The van der Waals surface area contributed by atoms with E-state index in [0.717, 1.165) is 33.2 Å². The summed E-state index contributed by atoms with van der Waals surface area (Å²) in [5.74, 6) is 0.337. The van der Waals surface area contributed by atoms with E-state index in [9.17, 15) is 4.79 Å². The van der Waals surface area contributed by atoms with Crippen LogP contribution in [0.1, 0.15) is 27.0 Å². The van der Waals surface area contributed by atoms with Crippen LogP contribution >= 0.6 is 34.5 Å². The van der Waals surface area contributed by atoms with E-state index in [1.165, 1.54) is 16.9 Å². The first-order valence-corrected chi connectivity index (χ1v) is 14.0. The van der Waals surface area contributed by atoms with Crippen LogP contribution in [0.3, 0.4) is 0 Å². The second kappa shape index (κ2) is 12.8. The zero-order valence-corrected chi connectivity index (χ0v) is 23.7. The van der Waals surface area contributed by atoms with Crippen molar-refractivity contribution in [2.45, 2.75) is 13.5 Å². The minimum absolute atomic E-state index is 0.300. The highest BCUT2D eigenvalue weighted by atomic mass is 35.5. The fourth-order valence-electron chi connectivity index (χ4n) is 3.73. The number of carbonyl (C=O) groups excluding carboxylic acids is 1. The lowest BCUT2D eigenvalue weighted by molar-refractivity contribution is 0.0955. The van der Waals surface area contributed by atoms with Crippen molar-refractivity contribution in [3.63, 3.8) is 0 Å². The molecule has 4 aromatic carbocycles. The molecule has 1 heterocycles. The maximum absolute atomic E-state index is 12.6. The van der Waals surface area contributed by atoms with Crippen LogP contribution in [0.25, 0.3) is 11.3 Å². The van der Waals surface area contributed by atoms with E-state index < -0.39 is 0 Å². The number of ether oxygens (including phenoxy) is 1. The minimum Gasteiger partial charge on any atom is -0.489 e. The Bertz CT molecular complexity index is 1650. The smallest absolute Gasteiger partial charge is 0.271 e. The van der Waals surface area contributed by atoms with E-state index in [1.54, 1.807) is 30.5 Å². The first-order valence-electron chi connectivity index (χ1n) is 12.3. The first-order chi connectivity index (χ1) is 19.4. The Balaban J connectivity index is 1.15. The van der Waals surface area contributed by atoms with E-state index in [-0.39, 0.29) is 5.91 Å². The van der Waals surface area contributed by atoms with Crippen LogP contribution in [0.5, 0.6) is 5.75 Å². The van der Waals surface area contributed by atoms with Crippen molar-refractivity contribution in [3.05, 3.63) is 129 Å². The van der Waals surface area contributed by atoms with Crippen molar-refractivity contribution in [2.75, 3.05) is 5.32 Å². The van der Waals surface area contributed by atoms with Gasteiger partial charge >= 0.3 is 0 Å². The van der Waals surface area contributed by atoms with Gasteiger partial charge in [-0.25, -0.2) is 10.4 Å². The molecule has 0 unspecified atom stereocenters. The summed E-state index contributed by atoms with van der Waals surface area (Å²) in [5.41, 5.74) is 8.61. The Labute approximate surface area is 246 Å². The lowest BCUT2D eigenvalue weighted by Gasteiger charge is -2.08. The largest absolute Gasteiger partial charge is 0.489 e. The second-order valence-electron chi connectivity index (χ2n) is 8.90. The lowest BCUT2D eigenvalue weighted by atomic mass is 10.1. The molecule has 200 valence electrons. The van der Waals surface area contributed by atoms with Crippen molar-refractivity contribution in [3.8, 4) is 17.0 Å². The van der Waals surface area contributed by atoms with Crippen LogP contribution in [0.15, 0.2) is 101 Å². The van der Waals surface area contributed by atoms with Crippen LogP contribution in [0.4, 0.5) is 10.8 Å². The number of aryl methyl sites for hydroxylation is 1. The quantitative estimate of drug-likeness (QED) is 0.134. The van der Waals surface area contributed by atoms with Crippen LogP contribution in [0.2, 0.25) is 10.0 Å². The van der Waals surface area contributed by atoms with Crippen molar-refractivity contribution < 1.29 is 9.53 Å². The summed E-state index contributed by atoms with van der Waals surface area (Å²) in [6, 6.07) is 28.1. The third-order valence-corrected chi connectivity index (χ3v) is 7.24. The second-order valence-corrected chi connectivity index (χ2v) is 10.6. The molecule has 0 radical (unpaired) electrons. The predicted octanol–water partition coefficient (Wildman–Crippen LogP) is 8.51. The van der Waals surface area contributed by atoms with Gasteiger partial charge in [0.1, 0.15) is 12.4 Å². The average molecular weight is 588 g/mol. The minimum atomic E-state index is -0.312. The van der Waals surface area contributed by atoms with Crippen LogP contribution < -0.4 is 15.5 Å². The van der Waals surface area contributed by atoms with Crippen molar-refractivity contribution in [1.29, 1.82) is 0 Å². The van der Waals surface area contributed by atoms with Gasteiger partial charge in [-0.3, -0.25) is 4.79 Å². The third-order valence-electron chi connectivity index (χ3n) is 5.90. The number of nitrogens with zero attached hydrogens (tertiary/aromatic N) is 2. The van der Waals surface area contributed by atoms with Gasteiger partial charge in [-0.1, -0.05) is 71.2 Å². The molecule has 1 aromatic heterocycles. The van der Waals surface area contributed by atoms with Gasteiger partial charge in [0.2, 0.25) is 0 Å². The number of nitrogens with one attached hydrogen (secondary N) is 2. The van der Waals surface area contributed by atoms with Gasteiger partial charge in [-0.05, 0) is 61.0 Å². The molecule has 5 aromatic rings. The Morgan fingerprint density at radius 1 is 1.00 bits per heavy atom. The number of benzene rings is 4. The molecule has 2 N–H and O–H groups in total. The van der Waals surface area contributed by atoms with Crippen molar-refractivity contribution in [1.82, 2.24) is 10.4 Å². The average Bonchev–Trinajstić information content (AvgIpc) is 3.42. The molecule has 5 rings (SSSR count). The molecule has 0 spiro atoms. The Hall–Kier alpha value is -4.17. The summed E-state index contributed by atoms with van der Waals surface area (Å²) in [5, 5.41) is 11.3. The van der Waals surface area contributed by atoms with Crippen molar-refractivity contribution >= 4 is 57.5 Å². The summed E-state index contributed by atoms with van der Waals surface area (Å²) in [6.07, 6.45) is 1.56. The maximum atomic E-state index is 12.6. The molecule has 0 atom stereocenters. The summed E-state index contributed by atoms with van der Waals surface area (Å²) in [6.45, 7) is 2.35. The molecule has 0 aliphatic carbocycles. The number of hydrogen-bond acceptors (Lipinski definition) is 6. The molecule has 1 amide bonds. The molecule has 6 nitrogen and oxygen atoms in total. The predicted molar refractivity (Wildman–Crippen MR) is 164 cm³/mol. The molecule has 40 heavy (non-hydrogen) atoms. The summed E-state index contributed by atoms with van der Waals surface area (Å²) in [4.78, 5) is 17.3. The highest BCUT2D eigenvalue weighted by Gasteiger charge is 2.09. The number of anilines is 2. The molecular formula is C31H24Cl2N4O2S. The highest BCUT2D eigenvalue weighted by Crippen LogP contribution is 2.28. The maximum Gasteiger partial charge on any atom is 0.271 e. The number of aromatic nitrogens is 1. The van der Waals surface area contributed by atoms with E-state index >= 15 is 0 Å². The van der Waals surface area contributed by atoms with Crippen LogP contribution in [-0.2, 0) is 6.61 Å². The fourth-order valence-corrected chi connectivity index (χ4v) is 4.93. The zero-order valence-electron chi connectivity index (χ0n) is 21.4. The molecule has 0 fully saturated rings. The molecule has 0 bridgehead atoms. The number of thiazole rings is 1. The van der Waals surface area contributed by atoms with Gasteiger partial charge in [0, 0.05) is 37.8 Å². The zero-order chi connectivity index (χ0) is 27.9.